The maximum atomic E-state index is 6.26. The standard InChI is InChI=1S/C15H25N/c1-10(2)12-8-7-9-13(15(5,6)16)14(12)11(3)4/h7-11H,16H2,1-6H3. The number of hydrogen-bond acceptors (Lipinski definition) is 1. The van der Waals surface area contributed by atoms with Crippen LogP contribution in [0.4, 0.5) is 0 Å². The maximum Gasteiger partial charge on any atom is 0.0355 e. The van der Waals surface area contributed by atoms with E-state index in [1.807, 2.05) is 0 Å². The van der Waals surface area contributed by atoms with Crippen molar-refractivity contribution in [3.05, 3.63) is 34.9 Å². The minimum Gasteiger partial charge on any atom is -0.322 e. The second-order valence-electron chi connectivity index (χ2n) is 5.84. The van der Waals surface area contributed by atoms with Crippen LogP contribution >= 0.6 is 0 Å². The van der Waals surface area contributed by atoms with Crippen LogP contribution in [0.25, 0.3) is 0 Å². The minimum absolute atomic E-state index is 0.259. The number of nitrogens with two attached hydrogens (primary N) is 1. The largest absolute Gasteiger partial charge is 0.322 e. The Labute approximate surface area is 100 Å². The normalized spacial score (nSPS) is 12.6. The van der Waals surface area contributed by atoms with Gasteiger partial charge < -0.3 is 5.73 Å². The van der Waals surface area contributed by atoms with E-state index in [2.05, 4.69) is 59.7 Å². The van der Waals surface area contributed by atoms with Crippen LogP contribution < -0.4 is 5.73 Å². The maximum absolute atomic E-state index is 6.26. The van der Waals surface area contributed by atoms with Gasteiger partial charge in [0.1, 0.15) is 0 Å². The van der Waals surface area contributed by atoms with Crippen molar-refractivity contribution in [2.75, 3.05) is 0 Å². The first-order valence-electron chi connectivity index (χ1n) is 6.17. The van der Waals surface area contributed by atoms with E-state index >= 15 is 0 Å². The summed E-state index contributed by atoms with van der Waals surface area (Å²) in [5, 5.41) is 0. The summed E-state index contributed by atoms with van der Waals surface area (Å²) in [6.07, 6.45) is 0. The van der Waals surface area contributed by atoms with Gasteiger partial charge in [-0.2, -0.15) is 0 Å². The van der Waals surface area contributed by atoms with Gasteiger partial charge in [0.05, 0.1) is 0 Å². The molecule has 16 heavy (non-hydrogen) atoms. The lowest BCUT2D eigenvalue weighted by Crippen LogP contribution is -2.30. The Morgan fingerprint density at radius 1 is 1.00 bits per heavy atom. The van der Waals surface area contributed by atoms with Gasteiger partial charge in [0, 0.05) is 5.54 Å². The summed E-state index contributed by atoms with van der Waals surface area (Å²) in [7, 11) is 0. The lowest BCUT2D eigenvalue weighted by atomic mass is 9.81. The van der Waals surface area contributed by atoms with Crippen LogP contribution in [-0.4, -0.2) is 0 Å². The van der Waals surface area contributed by atoms with Crippen LogP contribution in [0.1, 0.15) is 70.1 Å². The van der Waals surface area contributed by atoms with E-state index in [1.165, 1.54) is 16.7 Å². The molecule has 0 bridgehead atoms. The van der Waals surface area contributed by atoms with Crippen molar-refractivity contribution < 1.29 is 0 Å². The smallest absolute Gasteiger partial charge is 0.0355 e. The Morgan fingerprint density at radius 2 is 1.56 bits per heavy atom. The fraction of sp³-hybridized carbons (Fsp3) is 0.600. The summed E-state index contributed by atoms with van der Waals surface area (Å²) < 4.78 is 0. The molecule has 0 radical (unpaired) electrons. The zero-order valence-electron chi connectivity index (χ0n) is 11.5. The summed E-state index contributed by atoms with van der Waals surface area (Å²) in [6.45, 7) is 13.1. The summed E-state index contributed by atoms with van der Waals surface area (Å²) in [6, 6.07) is 6.53. The van der Waals surface area contributed by atoms with E-state index in [0.717, 1.165) is 0 Å². The van der Waals surface area contributed by atoms with Crippen molar-refractivity contribution in [1.29, 1.82) is 0 Å². The first kappa shape index (κ1) is 13.2. The summed E-state index contributed by atoms with van der Waals surface area (Å²) >= 11 is 0. The first-order chi connectivity index (χ1) is 7.25. The lowest BCUT2D eigenvalue weighted by molar-refractivity contribution is 0.540. The van der Waals surface area contributed by atoms with E-state index in [4.69, 9.17) is 5.73 Å². The first-order valence-corrected chi connectivity index (χ1v) is 6.17. The Bertz CT molecular complexity index is 356. The van der Waals surface area contributed by atoms with E-state index in [0.29, 0.717) is 11.8 Å². The molecule has 0 aliphatic carbocycles. The Morgan fingerprint density at radius 3 is 1.94 bits per heavy atom. The molecular formula is C15H25N. The van der Waals surface area contributed by atoms with E-state index < -0.39 is 0 Å². The van der Waals surface area contributed by atoms with Crippen molar-refractivity contribution in [2.45, 2.75) is 58.9 Å². The van der Waals surface area contributed by atoms with Crippen LogP contribution in [0, 0.1) is 0 Å². The van der Waals surface area contributed by atoms with Gasteiger partial charge in [0.2, 0.25) is 0 Å². The fourth-order valence-corrected chi connectivity index (χ4v) is 2.29. The molecule has 0 unspecified atom stereocenters. The molecule has 1 rings (SSSR count). The topological polar surface area (TPSA) is 26.0 Å². The second kappa shape index (κ2) is 4.58. The highest BCUT2D eigenvalue weighted by Gasteiger charge is 2.22. The molecule has 90 valence electrons. The zero-order valence-corrected chi connectivity index (χ0v) is 11.5. The highest BCUT2D eigenvalue weighted by Crippen LogP contribution is 2.33. The van der Waals surface area contributed by atoms with Gasteiger partial charge in [-0.25, -0.2) is 0 Å². The number of benzene rings is 1. The van der Waals surface area contributed by atoms with Crippen molar-refractivity contribution in [2.24, 2.45) is 5.73 Å². The van der Waals surface area contributed by atoms with Gasteiger partial charge in [-0.15, -0.1) is 0 Å². The molecule has 0 fully saturated rings. The van der Waals surface area contributed by atoms with E-state index in [1.54, 1.807) is 0 Å². The molecular weight excluding hydrogens is 194 g/mol. The molecule has 0 heterocycles. The SMILES string of the molecule is CC(C)c1cccc(C(C)(C)N)c1C(C)C. The van der Waals surface area contributed by atoms with Gasteiger partial charge >= 0.3 is 0 Å². The van der Waals surface area contributed by atoms with Gasteiger partial charge in [0.15, 0.2) is 0 Å². The molecule has 0 saturated heterocycles. The third-order valence-electron chi connectivity index (χ3n) is 3.03. The molecule has 1 aromatic carbocycles. The molecule has 0 amide bonds. The third-order valence-corrected chi connectivity index (χ3v) is 3.03. The van der Waals surface area contributed by atoms with Crippen molar-refractivity contribution >= 4 is 0 Å². The molecule has 0 aliphatic heterocycles. The molecule has 0 aliphatic rings. The molecule has 0 aromatic heterocycles. The molecule has 1 aromatic rings. The van der Waals surface area contributed by atoms with Crippen LogP contribution in [-0.2, 0) is 5.54 Å². The van der Waals surface area contributed by atoms with Gasteiger partial charge in [-0.3, -0.25) is 0 Å². The minimum atomic E-state index is -0.259. The Balaban J connectivity index is 3.45. The van der Waals surface area contributed by atoms with Crippen molar-refractivity contribution in [3.8, 4) is 0 Å². The predicted octanol–water partition coefficient (Wildman–Crippen LogP) is 4.13. The van der Waals surface area contributed by atoms with Crippen LogP contribution in [0.5, 0.6) is 0 Å². The molecule has 1 nitrogen and oxygen atoms in total. The lowest BCUT2D eigenvalue weighted by Gasteiger charge is -2.28. The Hall–Kier alpha value is -0.820. The fourth-order valence-electron chi connectivity index (χ4n) is 2.29. The van der Waals surface area contributed by atoms with Gasteiger partial charge in [-0.1, -0.05) is 45.9 Å². The molecule has 0 atom stereocenters. The predicted molar refractivity (Wildman–Crippen MR) is 71.8 cm³/mol. The van der Waals surface area contributed by atoms with E-state index in [9.17, 15) is 0 Å². The van der Waals surface area contributed by atoms with Crippen LogP contribution in [0.2, 0.25) is 0 Å². The highest BCUT2D eigenvalue weighted by atomic mass is 14.7. The molecule has 0 spiro atoms. The highest BCUT2D eigenvalue weighted by molar-refractivity contribution is 5.42. The quantitative estimate of drug-likeness (QED) is 0.813. The Kier molecular flexibility index (Phi) is 3.80. The summed E-state index contributed by atoms with van der Waals surface area (Å²) in [5.41, 5.74) is 10.2. The zero-order chi connectivity index (χ0) is 12.5. The van der Waals surface area contributed by atoms with Crippen LogP contribution in [0.15, 0.2) is 18.2 Å². The average Bonchev–Trinajstić information content (AvgIpc) is 2.14. The summed E-state index contributed by atoms with van der Waals surface area (Å²) in [5.74, 6) is 1.08. The van der Waals surface area contributed by atoms with Crippen molar-refractivity contribution in [1.82, 2.24) is 0 Å². The molecule has 2 N–H and O–H groups in total. The average molecular weight is 219 g/mol. The second-order valence-corrected chi connectivity index (χ2v) is 5.84. The van der Waals surface area contributed by atoms with Gasteiger partial charge in [0.25, 0.3) is 0 Å². The molecule has 0 saturated carbocycles. The number of rotatable bonds is 3. The van der Waals surface area contributed by atoms with Crippen LogP contribution in [0.3, 0.4) is 0 Å². The molecule has 1 heteroatoms. The summed E-state index contributed by atoms with van der Waals surface area (Å²) in [4.78, 5) is 0. The monoisotopic (exact) mass is 219 g/mol. The van der Waals surface area contributed by atoms with Gasteiger partial charge in [-0.05, 0) is 42.4 Å². The third kappa shape index (κ3) is 2.65. The van der Waals surface area contributed by atoms with E-state index in [-0.39, 0.29) is 5.54 Å². The van der Waals surface area contributed by atoms with Crippen molar-refractivity contribution in [3.63, 3.8) is 0 Å². The number of hydrogen-bond donors (Lipinski definition) is 1.